The number of hydrogen-bond acceptors (Lipinski definition) is 3. The number of amides is 1. The summed E-state index contributed by atoms with van der Waals surface area (Å²) >= 11 is 0. The molecule has 1 aliphatic carbocycles. The smallest absolute Gasteiger partial charge is 0.382 e. The lowest BCUT2D eigenvalue weighted by Gasteiger charge is -2.30. The maximum absolute atomic E-state index is 13.0. The van der Waals surface area contributed by atoms with Crippen LogP contribution < -0.4 is 10.6 Å². The van der Waals surface area contributed by atoms with Crippen LogP contribution in [0.5, 0.6) is 0 Å². The number of H-pyrrole nitrogens is 1. The van der Waals surface area contributed by atoms with Crippen LogP contribution in [0.3, 0.4) is 0 Å². The van der Waals surface area contributed by atoms with Crippen LogP contribution >= 0.6 is 0 Å². The lowest BCUT2D eigenvalue weighted by Crippen LogP contribution is -2.40. The van der Waals surface area contributed by atoms with Crippen molar-refractivity contribution in [2.24, 2.45) is 0 Å². The second-order valence-corrected chi connectivity index (χ2v) is 8.04. The summed E-state index contributed by atoms with van der Waals surface area (Å²) < 4.78 is 78.0. The third-order valence-corrected chi connectivity index (χ3v) is 5.67. The van der Waals surface area contributed by atoms with Gasteiger partial charge in [-0.25, -0.2) is 4.98 Å². The molecule has 0 saturated heterocycles. The molecule has 1 fully saturated rings. The van der Waals surface area contributed by atoms with E-state index in [9.17, 15) is 31.1 Å². The number of rotatable bonds is 4. The average molecular weight is 470 g/mol. The van der Waals surface area contributed by atoms with Crippen molar-refractivity contribution in [1.29, 1.82) is 0 Å². The fourth-order valence-electron chi connectivity index (χ4n) is 4.04. The van der Waals surface area contributed by atoms with Crippen LogP contribution in [0, 0.1) is 0 Å². The molecule has 0 atom stereocenters. The van der Waals surface area contributed by atoms with Gasteiger partial charge in [0.25, 0.3) is 5.91 Å². The highest BCUT2D eigenvalue weighted by atomic mass is 19.4. The largest absolute Gasteiger partial charge is 0.433 e. The van der Waals surface area contributed by atoms with Crippen LogP contribution in [0.1, 0.15) is 47.4 Å². The highest BCUT2D eigenvalue weighted by molar-refractivity contribution is 6.06. The zero-order valence-corrected chi connectivity index (χ0v) is 17.1. The number of para-hydroxylation sites is 1. The summed E-state index contributed by atoms with van der Waals surface area (Å²) in [6, 6.07) is 8.08. The highest BCUT2D eigenvalue weighted by Gasteiger charge is 2.39. The van der Waals surface area contributed by atoms with Gasteiger partial charge in [-0.05, 0) is 43.9 Å². The number of aromatic nitrogens is 2. The van der Waals surface area contributed by atoms with Gasteiger partial charge >= 0.3 is 12.4 Å². The number of aromatic amines is 1. The standard InChI is InChI=1S/C22H20F6N4O/c23-21(24,25)18-9-14(10-19(32-18)22(26,27)28)30-12-5-7-13(8-6-12)31-20(33)16-11-29-17-4-2-1-3-15(16)17/h1-4,9-13,29H,5-8H2,(H,30,32)(H,31,33)/t12-,13+. The summed E-state index contributed by atoms with van der Waals surface area (Å²) in [6.45, 7) is 0. The SMILES string of the molecule is O=C(N[C@H]1CC[C@@H](Nc2cc(C(F)(F)F)nc(C(F)(F)F)c2)CC1)c1c[nH]c2ccccc12. The van der Waals surface area contributed by atoms with E-state index < -0.39 is 23.7 Å². The third kappa shape index (κ3) is 5.23. The monoisotopic (exact) mass is 470 g/mol. The van der Waals surface area contributed by atoms with Crippen molar-refractivity contribution in [2.75, 3.05) is 5.32 Å². The van der Waals surface area contributed by atoms with Crippen LogP contribution in [0.2, 0.25) is 0 Å². The Hall–Kier alpha value is -3.24. The van der Waals surface area contributed by atoms with E-state index in [1.165, 1.54) is 0 Å². The molecule has 2 aromatic heterocycles. The minimum absolute atomic E-state index is 0.141. The molecule has 2 heterocycles. The normalized spacial score (nSPS) is 19.5. The first-order valence-electron chi connectivity index (χ1n) is 10.3. The van der Waals surface area contributed by atoms with Crippen molar-refractivity contribution in [3.63, 3.8) is 0 Å². The first kappa shape index (κ1) is 22.9. The molecule has 33 heavy (non-hydrogen) atoms. The van der Waals surface area contributed by atoms with Gasteiger partial charge in [-0.1, -0.05) is 18.2 Å². The zero-order chi connectivity index (χ0) is 23.8. The topological polar surface area (TPSA) is 69.8 Å². The minimum atomic E-state index is -5.00. The lowest BCUT2D eigenvalue weighted by atomic mass is 9.90. The molecule has 0 aliphatic heterocycles. The maximum atomic E-state index is 13.0. The maximum Gasteiger partial charge on any atom is 0.433 e. The molecule has 0 spiro atoms. The van der Waals surface area contributed by atoms with Gasteiger partial charge in [-0.15, -0.1) is 0 Å². The number of carbonyl (C=O) groups excluding carboxylic acids is 1. The molecule has 1 aromatic carbocycles. The van der Waals surface area contributed by atoms with Crippen molar-refractivity contribution >= 4 is 22.5 Å². The second kappa shape index (κ2) is 8.60. The number of hydrogen-bond donors (Lipinski definition) is 3. The summed E-state index contributed by atoms with van der Waals surface area (Å²) in [6.07, 6.45) is -6.34. The Bertz CT molecular complexity index is 1110. The van der Waals surface area contributed by atoms with Crippen LogP contribution in [-0.4, -0.2) is 28.0 Å². The van der Waals surface area contributed by atoms with Gasteiger partial charge in [-0.2, -0.15) is 26.3 Å². The number of nitrogens with one attached hydrogen (secondary N) is 3. The van der Waals surface area contributed by atoms with E-state index >= 15 is 0 Å². The molecule has 0 bridgehead atoms. The van der Waals surface area contributed by atoms with E-state index in [1.807, 2.05) is 24.3 Å². The second-order valence-electron chi connectivity index (χ2n) is 8.04. The van der Waals surface area contributed by atoms with E-state index in [2.05, 4.69) is 20.6 Å². The van der Waals surface area contributed by atoms with Gasteiger partial charge in [0.15, 0.2) is 0 Å². The van der Waals surface area contributed by atoms with E-state index in [1.54, 1.807) is 6.20 Å². The number of carbonyl (C=O) groups is 1. The van der Waals surface area contributed by atoms with Crippen LogP contribution in [0.25, 0.3) is 10.9 Å². The van der Waals surface area contributed by atoms with Gasteiger partial charge in [0.2, 0.25) is 0 Å². The molecular formula is C22H20F6N4O. The molecule has 11 heteroatoms. The molecule has 3 N–H and O–H groups in total. The molecule has 1 saturated carbocycles. The number of anilines is 1. The van der Waals surface area contributed by atoms with Crippen LogP contribution in [0.4, 0.5) is 32.0 Å². The van der Waals surface area contributed by atoms with Gasteiger partial charge in [0, 0.05) is 34.9 Å². The van der Waals surface area contributed by atoms with E-state index in [0.717, 1.165) is 10.9 Å². The number of benzene rings is 1. The molecule has 5 nitrogen and oxygen atoms in total. The Morgan fingerprint density at radius 3 is 2.09 bits per heavy atom. The summed E-state index contributed by atoms with van der Waals surface area (Å²) in [7, 11) is 0. The Kier molecular flexibility index (Phi) is 5.98. The Balaban J connectivity index is 1.39. The molecule has 0 radical (unpaired) electrons. The van der Waals surface area contributed by atoms with Crippen LogP contribution in [0.15, 0.2) is 42.6 Å². The molecule has 176 valence electrons. The number of nitrogens with zero attached hydrogens (tertiary/aromatic N) is 1. The number of fused-ring (bicyclic) bond motifs is 1. The first-order valence-corrected chi connectivity index (χ1v) is 10.3. The number of halogens is 6. The summed E-state index contributed by atoms with van der Waals surface area (Å²) in [4.78, 5) is 18.4. The molecular weight excluding hydrogens is 450 g/mol. The van der Waals surface area contributed by atoms with Crippen molar-refractivity contribution in [3.05, 3.63) is 59.5 Å². The summed E-state index contributed by atoms with van der Waals surface area (Å²) in [5, 5.41) is 6.53. The Morgan fingerprint density at radius 2 is 1.48 bits per heavy atom. The van der Waals surface area contributed by atoms with E-state index in [-0.39, 0.29) is 23.7 Å². The van der Waals surface area contributed by atoms with Gasteiger partial charge in [0.1, 0.15) is 11.4 Å². The number of pyridine rings is 1. The first-order chi connectivity index (χ1) is 15.5. The molecule has 1 amide bonds. The fourth-order valence-corrected chi connectivity index (χ4v) is 4.04. The van der Waals surface area contributed by atoms with Gasteiger partial charge in [0.05, 0.1) is 5.56 Å². The predicted molar refractivity (Wildman–Crippen MR) is 110 cm³/mol. The zero-order valence-electron chi connectivity index (χ0n) is 17.1. The predicted octanol–water partition coefficient (Wildman–Crippen LogP) is 5.75. The van der Waals surface area contributed by atoms with E-state index in [4.69, 9.17) is 0 Å². The molecule has 1 aliphatic rings. The van der Waals surface area contributed by atoms with E-state index in [0.29, 0.717) is 43.4 Å². The van der Waals surface area contributed by atoms with Crippen LogP contribution in [-0.2, 0) is 12.4 Å². The van der Waals surface area contributed by atoms with Crippen molar-refractivity contribution in [3.8, 4) is 0 Å². The minimum Gasteiger partial charge on any atom is -0.382 e. The highest BCUT2D eigenvalue weighted by Crippen LogP contribution is 2.35. The quantitative estimate of drug-likeness (QED) is 0.425. The number of alkyl halides is 6. The Morgan fingerprint density at radius 1 is 0.909 bits per heavy atom. The van der Waals surface area contributed by atoms with Crippen molar-refractivity contribution in [2.45, 2.75) is 50.1 Å². The summed E-state index contributed by atoms with van der Waals surface area (Å²) in [5.41, 5.74) is -2.12. The van der Waals surface area contributed by atoms with Crippen molar-refractivity contribution < 1.29 is 31.1 Å². The Labute approximate surface area is 184 Å². The molecule has 0 unspecified atom stereocenters. The lowest BCUT2D eigenvalue weighted by molar-refractivity contribution is -0.150. The summed E-state index contributed by atoms with van der Waals surface area (Å²) in [5.74, 6) is -0.234. The third-order valence-electron chi connectivity index (χ3n) is 5.67. The van der Waals surface area contributed by atoms with Gasteiger partial charge in [-0.3, -0.25) is 4.79 Å². The van der Waals surface area contributed by atoms with Gasteiger partial charge < -0.3 is 15.6 Å². The van der Waals surface area contributed by atoms with Crippen molar-refractivity contribution in [1.82, 2.24) is 15.3 Å². The molecule has 3 aromatic rings. The average Bonchev–Trinajstić information content (AvgIpc) is 3.18. The molecule has 4 rings (SSSR count). The fraction of sp³-hybridized carbons (Fsp3) is 0.364.